The molecule has 0 radical (unpaired) electrons. The van der Waals surface area contributed by atoms with Crippen molar-refractivity contribution in [2.75, 3.05) is 12.3 Å². The second-order valence-electron chi connectivity index (χ2n) is 2.65. The third kappa shape index (κ3) is 2.99. The van der Waals surface area contributed by atoms with Crippen LogP contribution in [0.5, 0.6) is 0 Å². The van der Waals surface area contributed by atoms with Crippen molar-refractivity contribution in [3.8, 4) is 0 Å². The first-order valence-electron chi connectivity index (χ1n) is 4.20. The topological polar surface area (TPSA) is 65.2 Å². The first-order chi connectivity index (χ1) is 6.63. The van der Waals surface area contributed by atoms with Gasteiger partial charge >= 0.3 is 5.97 Å². The normalized spacial score (nSPS) is 9.86. The third-order valence-electron chi connectivity index (χ3n) is 1.56. The fraction of sp³-hybridized carbons (Fsp3) is 0.333. The number of ether oxygens (including phenoxy) is 1. The van der Waals surface area contributed by atoms with Crippen molar-refractivity contribution >= 4 is 27.7 Å². The largest absolute Gasteiger partial charge is 0.466 e. The van der Waals surface area contributed by atoms with Crippen LogP contribution in [0.15, 0.2) is 16.6 Å². The van der Waals surface area contributed by atoms with E-state index in [1.54, 1.807) is 19.1 Å². The highest BCUT2D eigenvalue weighted by Gasteiger charge is 2.06. The quantitative estimate of drug-likeness (QED) is 0.836. The minimum Gasteiger partial charge on any atom is -0.466 e. The Kier molecular flexibility index (Phi) is 3.88. The molecule has 14 heavy (non-hydrogen) atoms. The molecule has 0 aliphatic heterocycles. The van der Waals surface area contributed by atoms with Crippen molar-refractivity contribution in [1.29, 1.82) is 0 Å². The summed E-state index contributed by atoms with van der Waals surface area (Å²) >= 11 is 3.22. The number of halogens is 1. The van der Waals surface area contributed by atoms with Gasteiger partial charge in [-0.25, -0.2) is 4.98 Å². The van der Waals surface area contributed by atoms with Gasteiger partial charge in [0.1, 0.15) is 5.82 Å². The van der Waals surface area contributed by atoms with E-state index in [0.717, 1.165) is 4.47 Å². The summed E-state index contributed by atoms with van der Waals surface area (Å²) in [6.07, 6.45) is 0.158. The monoisotopic (exact) mass is 258 g/mol. The first kappa shape index (κ1) is 11.0. The number of carbonyl (C=O) groups excluding carboxylic acids is 1. The minimum atomic E-state index is -0.290. The summed E-state index contributed by atoms with van der Waals surface area (Å²) in [5.41, 5.74) is 6.18. The molecule has 0 unspecified atom stereocenters. The van der Waals surface area contributed by atoms with Crippen LogP contribution >= 0.6 is 15.9 Å². The van der Waals surface area contributed by atoms with Crippen LogP contribution in [0.3, 0.4) is 0 Å². The molecule has 76 valence electrons. The number of hydrogen-bond donors (Lipinski definition) is 1. The molecule has 0 amide bonds. The summed E-state index contributed by atoms with van der Waals surface area (Å²) < 4.78 is 5.51. The van der Waals surface area contributed by atoms with Crippen LogP contribution in [-0.2, 0) is 16.0 Å². The Morgan fingerprint density at radius 3 is 2.93 bits per heavy atom. The molecular formula is C9H11BrN2O2. The Morgan fingerprint density at radius 1 is 1.64 bits per heavy atom. The molecule has 0 saturated heterocycles. The maximum absolute atomic E-state index is 11.1. The van der Waals surface area contributed by atoms with E-state index in [1.165, 1.54) is 0 Å². The van der Waals surface area contributed by atoms with Crippen molar-refractivity contribution in [2.24, 2.45) is 0 Å². The van der Waals surface area contributed by atoms with Crippen LogP contribution in [0.4, 0.5) is 5.82 Å². The molecule has 0 fully saturated rings. The van der Waals surface area contributed by atoms with Crippen molar-refractivity contribution in [3.05, 3.63) is 22.3 Å². The maximum atomic E-state index is 11.1. The van der Waals surface area contributed by atoms with Gasteiger partial charge in [-0.15, -0.1) is 0 Å². The van der Waals surface area contributed by atoms with Crippen molar-refractivity contribution in [2.45, 2.75) is 13.3 Å². The van der Waals surface area contributed by atoms with E-state index in [4.69, 9.17) is 10.5 Å². The molecule has 0 aliphatic carbocycles. The van der Waals surface area contributed by atoms with E-state index < -0.39 is 0 Å². The number of rotatable bonds is 3. The van der Waals surface area contributed by atoms with Gasteiger partial charge in [0.15, 0.2) is 0 Å². The number of nitrogen functional groups attached to an aromatic ring is 1. The predicted octanol–water partition coefficient (Wildman–Crippen LogP) is 1.53. The molecule has 5 heteroatoms. The lowest BCUT2D eigenvalue weighted by Crippen LogP contribution is -2.09. The second-order valence-corrected chi connectivity index (χ2v) is 3.51. The summed E-state index contributed by atoms with van der Waals surface area (Å²) in [5.74, 6) is 0.0912. The number of esters is 1. The Morgan fingerprint density at radius 2 is 2.36 bits per heavy atom. The van der Waals surface area contributed by atoms with Gasteiger partial charge in [-0.3, -0.25) is 4.79 Å². The highest BCUT2D eigenvalue weighted by atomic mass is 79.9. The molecule has 0 bridgehead atoms. The van der Waals surface area contributed by atoms with E-state index in [-0.39, 0.29) is 12.4 Å². The molecule has 1 aromatic heterocycles. The van der Waals surface area contributed by atoms with Gasteiger partial charge < -0.3 is 10.5 Å². The van der Waals surface area contributed by atoms with Gasteiger partial charge in [-0.05, 0) is 35.0 Å². The second kappa shape index (κ2) is 4.95. The third-order valence-corrected chi connectivity index (χ3v) is 2.23. The fourth-order valence-electron chi connectivity index (χ4n) is 0.958. The van der Waals surface area contributed by atoms with Gasteiger partial charge in [-0.1, -0.05) is 0 Å². The minimum absolute atomic E-state index is 0.158. The average molecular weight is 259 g/mol. The Bertz CT molecular complexity index is 342. The molecule has 0 saturated carbocycles. The van der Waals surface area contributed by atoms with Crippen molar-refractivity contribution in [1.82, 2.24) is 4.98 Å². The molecule has 0 spiro atoms. The number of anilines is 1. The summed E-state index contributed by atoms with van der Waals surface area (Å²) in [4.78, 5) is 15.1. The fourth-order valence-corrected chi connectivity index (χ4v) is 1.18. The summed E-state index contributed by atoms with van der Waals surface area (Å²) in [6.45, 7) is 2.14. The van der Waals surface area contributed by atoms with Crippen LogP contribution in [0.1, 0.15) is 12.6 Å². The van der Waals surface area contributed by atoms with E-state index >= 15 is 0 Å². The summed E-state index contributed by atoms with van der Waals surface area (Å²) in [7, 11) is 0. The van der Waals surface area contributed by atoms with Gasteiger partial charge in [0, 0.05) is 0 Å². The number of hydrogen-bond acceptors (Lipinski definition) is 4. The summed E-state index contributed by atoms with van der Waals surface area (Å²) in [5, 5.41) is 0. The molecule has 1 aromatic rings. The van der Waals surface area contributed by atoms with Gasteiger partial charge in [-0.2, -0.15) is 0 Å². The zero-order valence-electron chi connectivity index (χ0n) is 7.79. The number of carbonyl (C=O) groups is 1. The number of pyridine rings is 1. The molecule has 0 atom stereocenters. The molecule has 1 heterocycles. The SMILES string of the molecule is CCOC(=O)Cc1ccc(Br)c(N)n1. The number of nitrogens with zero attached hydrogens (tertiary/aromatic N) is 1. The molecule has 2 N–H and O–H groups in total. The van der Waals surface area contributed by atoms with Crippen LogP contribution in [0.25, 0.3) is 0 Å². The number of nitrogens with two attached hydrogens (primary N) is 1. The maximum Gasteiger partial charge on any atom is 0.311 e. The number of aromatic nitrogens is 1. The lowest BCUT2D eigenvalue weighted by molar-refractivity contribution is -0.142. The predicted molar refractivity (Wildman–Crippen MR) is 56.7 cm³/mol. The van der Waals surface area contributed by atoms with E-state index in [9.17, 15) is 4.79 Å². The van der Waals surface area contributed by atoms with Gasteiger partial charge in [0.05, 0.1) is 23.2 Å². The highest BCUT2D eigenvalue weighted by molar-refractivity contribution is 9.10. The van der Waals surface area contributed by atoms with Crippen LogP contribution in [-0.4, -0.2) is 17.6 Å². The summed E-state index contributed by atoms with van der Waals surface area (Å²) in [6, 6.07) is 3.49. The zero-order valence-corrected chi connectivity index (χ0v) is 9.37. The lowest BCUT2D eigenvalue weighted by Gasteiger charge is -2.03. The molecule has 0 aromatic carbocycles. The van der Waals surface area contributed by atoms with Crippen molar-refractivity contribution in [3.63, 3.8) is 0 Å². The Labute approximate surface area is 90.6 Å². The average Bonchev–Trinajstić information content (AvgIpc) is 2.12. The van der Waals surface area contributed by atoms with E-state index in [0.29, 0.717) is 18.1 Å². The molecule has 1 rings (SSSR count). The highest BCUT2D eigenvalue weighted by Crippen LogP contribution is 2.16. The molecular weight excluding hydrogens is 248 g/mol. The van der Waals surface area contributed by atoms with Crippen LogP contribution in [0, 0.1) is 0 Å². The van der Waals surface area contributed by atoms with Crippen LogP contribution in [0.2, 0.25) is 0 Å². The Balaban J connectivity index is 2.68. The first-order valence-corrected chi connectivity index (χ1v) is 4.99. The van der Waals surface area contributed by atoms with Gasteiger partial charge in [0.25, 0.3) is 0 Å². The van der Waals surface area contributed by atoms with Crippen molar-refractivity contribution < 1.29 is 9.53 Å². The van der Waals surface area contributed by atoms with E-state index in [1.807, 2.05) is 0 Å². The smallest absolute Gasteiger partial charge is 0.311 e. The zero-order chi connectivity index (χ0) is 10.6. The molecule has 4 nitrogen and oxygen atoms in total. The van der Waals surface area contributed by atoms with Gasteiger partial charge in [0.2, 0.25) is 0 Å². The van der Waals surface area contributed by atoms with Crippen LogP contribution < -0.4 is 5.73 Å². The standard InChI is InChI=1S/C9H11BrN2O2/c1-2-14-8(13)5-6-3-4-7(10)9(11)12-6/h3-4H,2,5H2,1H3,(H2,11,12). The lowest BCUT2D eigenvalue weighted by atomic mass is 10.3. The Hall–Kier alpha value is -1.10. The molecule has 0 aliphatic rings. The van der Waals surface area contributed by atoms with E-state index in [2.05, 4.69) is 20.9 Å².